The summed E-state index contributed by atoms with van der Waals surface area (Å²) < 4.78 is 11.7. The molecule has 0 aliphatic heterocycles. The molecule has 0 rings (SSSR count). The van der Waals surface area contributed by atoms with Crippen LogP contribution in [0.4, 0.5) is 0 Å². The molecular formula is C12H27NO2S. The Bertz CT molecular complexity index is 214. The Hall–Kier alpha value is 0.0700. The maximum absolute atomic E-state index is 11.7. The van der Waals surface area contributed by atoms with Crippen LogP contribution >= 0.6 is 0 Å². The lowest BCUT2D eigenvalue weighted by molar-refractivity contribution is 0.182. The molecule has 3 nitrogen and oxygen atoms in total. The van der Waals surface area contributed by atoms with Crippen LogP contribution in [0.3, 0.4) is 0 Å². The van der Waals surface area contributed by atoms with Gasteiger partial charge in [0.1, 0.15) is 0 Å². The van der Waals surface area contributed by atoms with Crippen LogP contribution in [0.1, 0.15) is 41.0 Å². The van der Waals surface area contributed by atoms with Gasteiger partial charge in [0.05, 0.1) is 11.9 Å². The molecule has 0 radical (unpaired) electrons. The standard InChI is InChI=1S/C12H27NO2S/c1-6-10(2)8-16(15)9-11(14)7-13-12(3,4)5/h10-11,13-14H,6-9H2,1-5H3. The predicted octanol–water partition coefficient (Wildman–Crippen LogP) is 1.53. The summed E-state index contributed by atoms with van der Waals surface area (Å²) in [5, 5.41) is 12.9. The first kappa shape index (κ1) is 16.1. The molecule has 4 heteroatoms. The van der Waals surface area contributed by atoms with Crippen molar-refractivity contribution in [3.63, 3.8) is 0 Å². The van der Waals surface area contributed by atoms with E-state index in [9.17, 15) is 9.32 Å². The van der Waals surface area contributed by atoms with E-state index >= 15 is 0 Å². The summed E-state index contributed by atoms with van der Waals surface area (Å²) in [5.41, 5.74) is -0.000811. The quantitative estimate of drug-likeness (QED) is 0.719. The second kappa shape index (κ2) is 7.41. The van der Waals surface area contributed by atoms with Gasteiger partial charge in [0.15, 0.2) is 0 Å². The highest BCUT2D eigenvalue weighted by molar-refractivity contribution is 7.85. The van der Waals surface area contributed by atoms with E-state index in [4.69, 9.17) is 0 Å². The van der Waals surface area contributed by atoms with Crippen molar-refractivity contribution >= 4 is 10.8 Å². The van der Waals surface area contributed by atoms with Crippen LogP contribution in [0.15, 0.2) is 0 Å². The lowest BCUT2D eigenvalue weighted by atomic mass is 10.1. The minimum atomic E-state index is -0.898. The van der Waals surface area contributed by atoms with E-state index in [1.807, 2.05) is 0 Å². The average molecular weight is 249 g/mol. The lowest BCUT2D eigenvalue weighted by Crippen LogP contribution is -2.42. The summed E-state index contributed by atoms with van der Waals surface area (Å²) in [4.78, 5) is 0. The van der Waals surface area contributed by atoms with E-state index in [2.05, 4.69) is 39.9 Å². The molecule has 0 saturated carbocycles. The van der Waals surface area contributed by atoms with E-state index in [-0.39, 0.29) is 5.54 Å². The zero-order valence-electron chi connectivity index (χ0n) is 11.2. The van der Waals surface area contributed by atoms with Gasteiger partial charge in [0.25, 0.3) is 0 Å². The zero-order chi connectivity index (χ0) is 12.8. The van der Waals surface area contributed by atoms with Crippen molar-refractivity contribution in [3.8, 4) is 0 Å². The molecular weight excluding hydrogens is 222 g/mol. The number of hydrogen-bond donors (Lipinski definition) is 2. The van der Waals surface area contributed by atoms with Gasteiger partial charge in [-0.05, 0) is 26.7 Å². The fraction of sp³-hybridized carbons (Fsp3) is 1.00. The molecule has 0 spiro atoms. The summed E-state index contributed by atoms with van der Waals surface area (Å²) in [6.45, 7) is 10.9. The number of aliphatic hydroxyl groups is 1. The minimum Gasteiger partial charge on any atom is -0.391 e. The molecule has 0 aliphatic carbocycles. The molecule has 0 heterocycles. The first-order valence-corrected chi connectivity index (χ1v) is 7.51. The highest BCUT2D eigenvalue weighted by Gasteiger charge is 2.15. The maximum atomic E-state index is 11.7. The third-order valence-electron chi connectivity index (χ3n) is 2.41. The normalized spacial score (nSPS) is 18.1. The smallest absolute Gasteiger partial charge is 0.0779 e. The molecule has 0 aromatic carbocycles. The number of hydrogen-bond acceptors (Lipinski definition) is 3. The third kappa shape index (κ3) is 9.31. The van der Waals surface area contributed by atoms with Gasteiger partial charge in [-0.15, -0.1) is 0 Å². The Balaban J connectivity index is 3.79. The van der Waals surface area contributed by atoms with Crippen molar-refractivity contribution in [1.29, 1.82) is 0 Å². The van der Waals surface area contributed by atoms with Crippen molar-refractivity contribution in [2.75, 3.05) is 18.1 Å². The molecule has 0 aromatic rings. The van der Waals surface area contributed by atoms with Crippen LogP contribution in [-0.4, -0.2) is 39.0 Å². The van der Waals surface area contributed by atoms with Gasteiger partial charge >= 0.3 is 0 Å². The van der Waals surface area contributed by atoms with Crippen molar-refractivity contribution in [2.24, 2.45) is 5.92 Å². The lowest BCUT2D eigenvalue weighted by Gasteiger charge is -2.22. The van der Waals surface area contributed by atoms with E-state index in [0.29, 0.717) is 24.0 Å². The molecule has 0 aliphatic rings. The van der Waals surface area contributed by atoms with Crippen molar-refractivity contribution < 1.29 is 9.32 Å². The highest BCUT2D eigenvalue weighted by atomic mass is 32.2. The molecule has 98 valence electrons. The average Bonchev–Trinajstić information content (AvgIpc) is 2.13. The van der Waals surface area contributed by atoms with Gasteiger partial charge in [0.2, 0.25) is 0 Å². The predicted molar refractivity (Wildman–Crippen MR) is 71.1 cm³/mol. The Labute approximate surface area is 102 Å². The molecule has 3 unspecified atom stereocenters. The summed E-state index contributed by atoms with van der Waals surface area (Å²) >= 11 is 0. The fourth-order valence-electron chi connectivity index (χ4n) is 1.20. The molecule has 2 N–H and O–H groups in total. The van der Waals surface area contributed by atoms with Crippen LogP contribution in [0, 0.1) is 5.92 Å². The van der Waals surface area contributed by atoms with Crippen LogP contribution in [0.5, 0.6) is 0 Å². The molecule has 0 amide bonds. The van der Waals surface area contributed by atoms with Crippen LogP contribution in [0.2, 0.25) is 0 Å². The Morgan fingerprint density at radius 2 is 1.88 bits per heavy atom. The first-order chi connectivity index (χ1) is 7.24. The third-order valence-corrected chi connectivity index (χ3v) is 4.11. The van der Waals surface area contributed by atoms with E-state index in [1.165, 1.54) is 0 Å². The maximum Gasteiger partial charge on any atom is 0.0779 e. The van der Waals surface area contributed by atoms with Gasteiger partial charge in [-0.25, -0.2) is 0 Å². The zero-order valence-corrected chi connectivity index (χ0v) is 12.1. The van der Waals surface area contributed by atoms with Crippen LogP contribution in [-0.2, 0) is 10.8 Å². The molecule has 0 aromatic heterocycles. The summed E-state index contributed by atoms with van der Waals surface area (Å²) in [7, 11) is -0.898. The van der Waals surface area contributed by atoms with Crippen LogP contribution in [0.25, 0.3) is 0 Å². The second-order valence-corrected chi connectivity index (χ2v) is 7.12. The molecule has 0 fully saturated rings. The van der Waals surface area contributed by atoms with E-state index < -0.39 is 16.9 Å². The number of aliphatic hydroxyl groups excluding tert-OH is 1. The fourth-order valence-corrected chi connectivity index (χ4v) is 2.75. The van der Waals surface area contributed by atoms with Crippen molar-refractivity contribution in [3.05, 3.63) is 0 Å². The largest absolute Gasteiger partial charge is 0.391 e. The Morgan fingerprint density at radius 1 is 1.31 bits per heavy atom. The van der Waals surface area contributed by atoms with E-state index in [1.54, 1.807) is 0 Å². The molecule has 3 atom stereocenters. The SMILES string of the molecule is CCC(C)CS(=O)CC(O)CNC(C)(C)C. The first-order valence-electron chi connectivity index (χ1n) is 6.02. The van der Waals surface area contributed by atoms with Crippen LogP contribution < -0.4 is 5.32 Å². The Morgan fingerprint density at radius 3 is 2.31 bits per heavy atom. The van der Waals surface area contributed by atoms with Crippen molar-refractivity contribution in [1.82, 2.24) is 5.32 Å². The monoisotopic (exact) mass is 249 g/mol. The van der Waals surface area contributed by atoms with Gasteiger partial charge < -0.3 is 10.4 Å². The Kier molecular flexibility index (Phi) is 7.44. The second-order valence-electron chi connectivity index (χ2n) is 5.57. The molecule has 0 bridgehead atoms. The molecule has 16 heavy (non-hydrogen) atoms. The summed E-state index contributed by atoms with van der Waals surface area (Å²) in [5.74, 6) is 1.56. The van der Waals surface area contributed by atoms with Gasteiger partial charge in [0, 0.05) is 28.6 Å². The van der Waals surface area contributed by atoms with Gasteiger partial charge in [-0.3, -0.25) is 4.21 Å². The number of nitrogens with one attached hydrogen (secondary N) is 1. The van der Waals surface area contributed by atoms with E-state index in [0.717, 1.165) is 6.42 Å². The minimum absolute atomic E-state index is 0.000811. The number of rotatable bonds is 7. The summed E-state index contributed by atoms with van der Waals surface area (Å²) in [6.07, 6.45) is 0.534. The number of β-amino-alcohol motifs (C(OH)–C–C–N with tert-alkyl or cyclic N) is 1. The van der Waals surface area contributed by atoms with Crippen molar-refractivity contribution in [2.45, 2.75) is 52.7 Å². The van der Waals surface area contributed by atoms with Gasteiger partial charge in [-0.2, -0.15) is 0 Å². The molecule has 0 saturated heterocycles. The summed E-state index contributed by atoms with van der Waals surface area (Å²) in [6, 6.07) is 0. The topological polar surface area (TPSA) is 49.3 Å². The highest BCUT2D eigenvalue weighted by Crippen LogP contribution is 2.04. The van der Waals surface area contributed by atoms with Gasteiger partial charge in [-0.1, -0.05) is 20.3 Å².